The summed E-state index contributed by atoms with van der Waals surface area (Å²) in [4.78, 5) is 22.1. The van der Waals surface area contributed by atoms with Gasteiger partial charge in [0.15, 0.2) is 0 Å². The Morgan fingerprint density at radius 3 is 2.65 bits per heavy atom. The molecular weight excluding hydrogens is 246 g/mol. The highest BCUT2D eigenvalue weighted by molar-refractivity contribution is 6.30. The van der Waals surface area contributed by atoms with Gasteiger partial charge in [-0.3, -0.25) is 9.59 Å². The van der Waals surface area contributed by atoms with Gasteiger partial charge in [-0.25, -0.2) is 0 Å². The molecular formula is C11H12ClNO4. The highest BCUT2D eigenvalue weighted by atomic mass is 35.5. The van der Waals surface area contributed by atoms with Crippen molar-refractivity contribution in [3.63, 3.8) is 0 Å². The number of rotatable bonds is 4. The number of hydrogen-bond donors (Lipinski definition) is 3. The molecule has 1 aromatic carbocycles. The van der Waals surface area contributed by atoms with Crippen LogP contribution in [0.15, 0.2) is 18.2 Å². The number of aliphatic carboxylic acids is 1. The third-order valence-electron chi connectivity index (χ3n) is 2.19. The number of carboxylic acid groups (broad SMARTS) is 1. The van der Waals surface area contributed by atoms with E-state index in [1.807, 2.05) is 0 Å². The van der Waals surface area contributed by atoms with Crippen LogP contribution < -0.4 is 5.32 Å². The lowest BCUT2D eigenvalue weighted by Crippen LogP contribution is -2.31. The Morgan fingerprint density at radius 1 is 1.47 bits per heavy atom. The summed E-state index contributed by atoms with van der Waals surface area (Å²) < 4.78 is 0. The monoisotopic (exact) mass is 257 g/mol. The first kappa shape index (κ1) is 13.3. The van der Waals surface area contributed by atoms with Gasteiger partial charge in [0.25, 0.3) is 5.91 Å². The summed E-state index contributed by atoms with van der Waals surface area (Å²) in [7, 11) is 0. The fourth-order valence-electron chi connectivity index (χ4n) is 1.13. The molecule has 5 nitrogen and oxygen atoms in total. The van der Waals surface area contributed by atoms with Gasteiger partial charge in [0.2, 0.25) is 0 Å². The number of benzene rings is 1. The Bertz CT molecular complexity index is 447. The number of nitrogens with one attached hydrogen (secondary N) is 1. The lowest BCUT2D eigenvalue weighted by molar-refractivity contribution is -0.140. The molecule has 0 bridgehead atoms. The van der Waals surface area contributed by atoms with Crippen molar-refractivity contribution in [2.75, 3.05) is 6.54 Å². The fraction of sp³-hybridized carbons (Fsp3) is 0.273. The van der Waals surface area contributed by atoms with Gasteiger partial charge in [-0.15, -0.1) is 0 Å². The van der Waals surface area contributed by atoms with Gasteiger partial charge in [-0.2, -0.15) is 0 Å². The van der Waals surface area contributed by atoms with E-state index in [9.17, 15) is 14.7 Å². The molecule has 17 heavy (non-hydrogen) atoms. The average Bonchev–Trinajstić information content (AvgIpc) is 2.25. The number of carbonyl (C=O) groups is 2. The zero-order valence-electron chi connectivity index (χ0n) is 9.11. The van der Waals surface area contributed by atoms with Gasteiger partial charge in [0, 0.05) is 11.6 Å². The van der Waals surface area contributed by atoms with Crippen LogP contribution in [0.25, 0.3) is 0 Å². The van der Waals surface area contributed by atoms with Crippen LogP contribution in [0.4, 0.5) is 0 Å². The summed E-state index contributed by atoms with van der Waals surface area (Å²) >= 11 is 5.62. The largest absolute Gasteiger partial charge is 0.507 e. The minimum atomic E-state index is -0.995. The summed E-state index contributed by atoms with van der Waals surface area (Å²) in [6.45, 7) is 1.47. The first-order valence-electron chi connectivity index (χ1n) is 4.91. The number of amides is 1. The highest BCUT2D eigenvalue weighted by Gasteiger charge is 2.15. The second-order valence-corrected chi connectivity index (χ2v) is 4.05. The SMILES string of the molecule is CC(CNC(=O)c1ccc(Cl)cc1O)C(=O)O. The molecule has 1 amide bonds. The molecule has 0 fully saturated rings. The molecule has 0 radical (unpaired) electrons. The molecule has 6 heteroatoms. The standard InChI is InChI=1S/C11H12ClNO4/c1-6(11(16)17)5-13-10(15)8-3-2-7(12)4-9(8)14/h2-4,6,14H,5H2,1H3,(H,13,15)(H,16,17). The lowest BCUT2D eigenvalue weighted by Gasteiger charge is -2.09. The predicted molar refractivity (Wildman–Crippen MR) is 62.2 cm³/mol. The minimum Gasteiger partial charge on any atom is -0.507 e. The quantitative estimate of drug-likeness (QED) is 0.763. The van der Waals surface area contributed by atoms with Crippen molar-refractivity contribution >= 4 is 23.5 Å². The Labute approximate surface area is 103 Å². The average molecular weight is 258 g/mol. The van der Waals surface area contributed by atoms with Gasteiger partial charge in [-0.05, 0) is 18.2 Å². The first-order valence-corrected chi connectivity index (χ1v) is 5.29. The predicted octanol–water partition coefficient (Wildman–Crippen LogP) is 1.50. The minimum absolute atomic E-state index is 0.00374. The Morgan fingerprint density at radius 2 is 2.12 bits per heavy atom. The molecule has 0 aromatic heterocycles. The van der Waals surface area contributed by atoms with Crippen molar-refractivity contribution < 1.29 is 19.8 Å². The number of halogens is 1. The van der Waals surface area contributed by atoms with Crippen LogP contribution >= 0.6 is 11.6 Å². The summed E-state index contributed by atoms with van der Waals surface area (Å²) in [5, 5.41) is 20.8. The maximum absolute atomic E-state index is 11.6. The molecule has 92 valence electrons. The number of phenols is 1. The maximum Gasteiger partial charge on any atom is 0.308 e. The third-order valence-corrected chi connectivity index (χ3v) is 2.43. The van der Waals surface area contributed by atoms with E-state index in [2.05, 4.69) is 5.32 Å². The van der Waals surface area contributed by atoms with Gasteiger partial charge in [-0.1, -0.05) is 18.5 Å². The van der Waals surface area contributed by atoms with Crippen LogP contribution in [0.1, 0.15) is 17.3 Å². The van der Waals surface area contributed by atoms with Crippen molar-refractivity contribution in [2.24, 2.45) is 5.92 Å². The van der Waals surface area contributed by atoms with E-state index >= 15 is 0 Å². The third kappa shape index (κ3) is 3.64. The van der Waals surface area contributed by atoms with E-state index < -0.39 is 17.8 Å². The van der Waals surface area contributed by atoms with Crippen LogP contribution in [0.2, 0.25) is 5.02 Å². The van der Waals surface area contributed by atoms with E-state index in [1.54, 1.807) is 0 Å². The van der Waals surface area contributed by atoms with E-state index in [4.69, 9.17) is 16.7 Å². The van der Waals surface area contributed by atoms with Crippen LogP contribution in [0, 0.1) is 5.92 Å². The van der Waals surface area contributed by atoms with Crippen molar-refractivity contribution in [1.29, 1.82) is 0 Å². The maximum atomic E-state index is 11.6. The van der Waals surface area contributed by atoms with Crippen molar-refractivity contribution in [3.8, 4) is 5.75 Å². The zero-order chi connectivity index (χ0) is 13.0. The lowest BCUT2D eigenvalue weighted by atomic mass is 10.1. The molecule has 0 aliphatic carbocycles. The van der Waals surface area contributed by atoms with Crippen LogP contribution in [0.3, 0.4) is 0 Å². The van der Waals surface area contributed by atoms with Crippen molar-refractivity contribution in [3.05, 3.63) is 28.8 Å². The molecule has 0 spiro atoms. The van der Waals surface area contributed by atoms with Crippen LogP contribution in [-0.4, -0.2) is 28.6 Å². The normalized spacial score (nSPS) is 11.9. The van der Waals surface area contributed by atoms with Gasteiger partial charge in [0.1, 0.15) is 5.75 Å². The van der Waals surface area contributed by atoms with Crippen molar-refractivity contribution in [1.82, 2.24) is 5.32 Å². The number of carboxylic acids is 1. The number of carbonyl (C=O) groups excluding carboxylic acids is 1. The Hall–Kier alpha value is -1.75. The highest BCUT2D eigenvalue weighted by Crippen LogP contribution is 2.21. The van der Waals surface area contributed by atoms with E-state index in [0.29, 0.717) is 5.02 Å². The molecule has 0 aliphatic heterocycles. The second-order valence-electron chi connectivity index (χ2n) is 3.61. The zero-order valence-corrected chi connectivity index (χ0v) is 9.86. The van der Waals surface area contributed by atoms with Crippen molar-refractivity contribution in [2.45, 2.75) is 6.92 Å². The molecule has 0 saturated carbocycles. The van der Waals surface area contributed by atoms with Gasteiger partial charge >= 0.3 is 5.97 Å². The fourth-order valence-corrected chi connectivity index (χ4v) is 1.29. The molecule has 3 N–H and O–H groups in total. The summed E-state index contributed by atoms with van der Waals surface area (Å²) in [5.74, 6) is -2.45. The van der Waals surface area contributed by atoms with Gasteiger partial charge < -0.3 is 15.5 Å². The molecule has 1 aromatic rings. The summed E-state index contributed by atoms with van der Waals surface area (Å²) in [5.41, 5.74) is 0.0620. The van der Waals surface area contributed by atoms with Crippen LogP contribution in [0.5, 0.6) is 5.75 Å². The molecule has 1 atom stereocenters. The number of aromatic hydroxyl groups is 1. The first-order chi connectivity index (χ1) is 7.91. The van der Waals surface area contributed by atoms with E-state index in [1.165, 1.54) is 25.1 Å². The van der Waals surface area contributed by atoms with Crippen LogP contribution in [-0.2, 0) is 4.79 Å². The molecule has 0 heterocycles. The molecule has 0 aliphatic rings. The summed E-state index contributed by atoms with van der Waals surface area (Å²) in [6.07, 6.45) is 0. The van der Waals surface area contributed by atoms with Gasteiger partial charge in [0.05, 0.1) is 11.5 Å². The molecule has 1 rings (SSSR count). The smallest absolute Gasteiger partial charge is 0.308 e. The Balaban J connectivity index is 2.67. The van der Waals surface area contributed by atoms with E-state index in [0.717, 1.165) is 0 Å². The topological polar surface area (TPSA) is 86.6 Å². The molecule has 0 saturated heterocycles. The second kappa shape index (κ2) is 5.54. The number of hydrogen-bond acceptors (Lipinski definition) is 3. The van der Waals surface area contributed by atoms with E-state index in [-0.39, 0.29) is 17.9 Å². The number of phenolic OH excluding ortho intramolecular Hbond substituents is 1. The Kier molecular flexibility index (Phi) is 4.34. The summed E-state index contributed by atoms with van der Waals surface area (Å²) in [6, 6.07) is 4.09. The molecule has 1 unspecified atom stereocenters.